The molecule has 0 amide bonds. The second-order valence-electron chi connectivity index (χ2n) is 1.34. The fraction of sp³-hybridized carbons (Fsp3) is 1.00. The first kappa shape index (κ1) is 16.1. The van der Waals surface area contributed by atoms with E-state index >= 15 is 0 Å². The highest BCUT2D eigenvalue weighted by atomic mass is 31.1. The summed E-state index contributed by atoms with van der Waals surface area (Å²) in [7, 11) is 0.380. The lowest BCUT2D eigenvalue weighted by Crippen LogP contribution is -1.48. The van der Waals surface area contributed by atoms with E-state index in [1.165, 1.54) is 0 Å². The lowest BCUT2D eigenvalue weighted by atomic mass is 11.9. The van der Waals surface area contributed by atoms with E-state index in [4.69, 9.17) is 0 Å². The Morgan fingerprint density at radius 2 is 0.833 bits per heavy atom. The maximum atomic E-state index is 2.23. The maximum absolute atomic E-state index is 2.23. The average molecular weight is 108 g/mol. The number of hydrogen-bond acceptors (Lipinski definition) is 0. The highest BCUT2D eigenvalue weighted by Crippen LogP contribution is 2.14. The van der Waals surface area contributed by atoms with Crippen molar-refractivity contribution in [1.82, 2.24) is 0 Å². The van der Waals surface area contributed by atoms with Crippen LogP contribution >= 0.6 is 7.92 Å². The van der Waals surface area contributed by atoms with Gasteiger partial charge in [-0.3, -0.25) is 0 Å². The van der Waals surface area contributed by atoms with Gasteiger partial charge in [0.1, 0.15) is 0 Å². The van der Waals surface area contributed by atoms with Crippen molar-refractivity contribution in [2.45, 2.75) is 14.9 Å². The van der Waals surface area contributed by atoms with E-state index in [0.29, 0.717) is 7.92 Å². The fourth-order valence-corrected chi connectivity index (χ4v) is 0. The first-order valence-electron chi connectivity index (χ1n) is 1.34. The van der Waals surface area contributed by atoms with Crippen LogP contribution in [0.4, 0.5) is 0 Å². The van der Waals surface area contributed by atoms with Gasteiger partial charge in [0, 0.05) is 0 Å². The molecule has 6 heavy (non-hydrogen) atoms. The summed E-state index contributed by atoms with van der Waals surface area (Å²) in [4.78, 5) is 0. The third kappa shape index (κ3) is 282. The molecule has 0 unspecified atom stereocenters. The van der Waals surface area contributed by atoms with Crippen LogP contribution in [-0.4, -0.2) is 20.0 Å². The summed E-state index contributed by atoms with van der Waals surface area (Å²) < 4.78 is 0. The molecule has 42 valence electrons. The normalized spacial score (nSPS) is 6.00. The van der Waals surface area contributed by atoms with Crippen LogP contribution in [0, 0.1) is 0 Å². The molecule has 0 aromatic carbocycles. The second kappa shape index (κ2) is 9.06. The summed E-state index contributed by atoms with van der Waals surface area (Å²) in [6.07, 6.45) is 0. The van der Waals surface area contributed by atoms with Crippen molar-refractivity contribution in [1.29, 1.82) is 0 Å². The first-order valence-corrected chi connectivity index (χ1v) is 4.02. The molecule has 1 heteroatoms. The quantitative estimate of drug-likeness (QED) is 0.418. The molecule has 0 aliphatic rings. The van der Waals surface area contributed by atoms with Gasteiger partial charge in [0.05, 0.1) is 0 Å². The Morgan fingerprint density at radius 1 is 0.833 bits per heavy atom. The van der Waals surface area contributed by atoms with Crippen molar-refractivity contribution in [3.8, 4) is 0 Å². The molecule has 0 aromatic rings. The topological polar surface area (TPSA) is 0 Å². The lowest BCUT2D eigenvalue weighted by Gasteiger charge is -1.81. The molecule has 0 N–H and O–H groups in total. The van der Waals surface area contributed by atoms with Gasteiger partial charge in [0.15, 0.2) is 0 Å². The van der Waals surface area contributed by atoms with Crippen molar-refractivity contribution >= 4 is 7.92 Å². The van der Waals surface area contributed by atoms with Crippen molar-refractivity contribution in [2.24, 2.45) is 0 Å². The molecule has 0 fully saturated rings. The number of rotatable bonds is 0. The molecule has 0 radical (unpaired) electrons. The molecule has 0 atom stereocenters. The Kier molecular flexibility index (Phi) is 24.3. The average Bonchev–Trinajstić information content (AvgIpc) is 0.811. The minimum Gasteiger partial charge on any atom is -0.116 e. The van der Waals surface area contributed by atoms with Crippen LogP contribution in [0.25, 0.3) is 0 Å². The zero-order valence-electron chi connectivity index (χ0n) is 3.45. The van der Waals surface area contributed by atoms with Gasteiger partial charge in [-0.15, -0.1) is 7.92 Å². The van der Waals surface area contributed by atoms with E-state index in [1.54, 1.807) is 0 Å². The third-order valence-corrected chi connectivity index (χ3v) is 0. The standard InChI is InChI=1S/C3H9P.2CH4/c1-4(2)3;;/h1-3H3;2*1H4. The largest absolute Gasteiger partial charge is 0.116 e. The van der Waals surface area contributed by atoms with E-state index in [1.807, 2.05) is 0 Å². The molecule has 0 nitrogen and oxygen atoms in total. The van der Waals surface area contributed by atoms with Crippen molar-refractivity contribution < 1.29 is 0 Å². The first-order chi connectivity index (χ1) is 1.73. The van der Waals surface area contributed by atoms with Crippen LogP contribution in [-0.2, 0) is 0 Å². The van der Waals surface area contributed by atoms with Crippen LogP contribution < -0.4 is 0 Å². The summed E-state index contributed by atoms with van der Waals surface area (Å²) in [5.74, 6) is 0. The molecule has 0 aromatic heterocycles. The van der Waals surface area contributed by atoms with Crippen LogP contribution in [0.15, 0.2) is 0 Å². The predicted octanol–water partition coefficient (Wildman–Crippen LogP) is 2.63. The minimum atomic E-state index is 0. The molecule has 0 aliphatic carbocycles. The highest BCUT2D eigenvalue weighted by molar-refractivity contribution is 7.55. The predicted molar refractivity (Wildman–Crippen MR) is 38.2 cm³/mol. The lowest BCUT2D eigenvalue weighted by molar-refractivity contribution is 2.13. The molecule has 0 rings (SSSR count). The van der Waals surface area contributed by atoms with Crippen LogP contribution in [0.5, 0.6) is 0 Å². The van der Waals surface area contributed by atoms with Gasteiger partial charge in [0.25, 0.3) is 0 Å². The van der Waals surface area contributed by atoms with Gasteiger partial charge in [-0.25, -0.2) is 0 Å². The third-order valence-electron chi connectivity index (χ3n) is 0. The Bertz CT molecular complexity index is 8.66. The van der Waals surface area contributed by atoms with Crippen LogP contribution in [0.2, 0.25) is 0 Å². The van der Waals surface area contributed by atoms with Gasteiger partial charge in [-0.2, -0.15) is 0 Å². The Labute approximate surface area is 43.7 Å². The van der Waals surface area contributed by atoms with E-state index in [0.717, 1.165) is 0 Å². The van der Waals surface area contributed by atoms with Gasteiger partial charge >= 0.3 is 0 Å². The molecule has 0 saturated heterocycles. The molecule has 0 heterocycles. The van der Waals surface area contributed by atoms with E-state index < -0.39 is 0 Å². The van der Waals surface area contributed by atoms with Gasteiger partial charge in [0.2, 0.25) is 0 Å². The molecule has 0 spiro atoms. The molecule has 0 aliphatic heterocycles. The maximum Gasteiger partial charge on any atom is -0.0449 e. The zero-order chi connectivity index (χ0) is 3.58. The molecule has 0 saturated carbocycles. The van der Waals surface area contributed by atoms with E-state index in [-0.39, 0.29) is 14.9 Å². The summed E-state index contributed by atoms with van der Waals surface area (Å²) in [6, 6.07) is 0. The Hall–Kier alpha value is 0.430. The van der Waals surface area contributed by atoms with Crippen molar-refractivity contribution in [2.75, 3.05) is 20.0 Å². The summed E-state index contributed by atoms with van der Waals surface area (Å²) in [5, 5.41) is 0. The van der Waals surface area contributed by atoms with Crippen molar-refractivity contribution in [3.63, 3.8) is 0 Å². The van der Waals surface area contributed by atoms with E-state index in [2.05, 4.69) is 20.0 Å². The second-order valence-corrected chi connectivity index (χ2v) is 4.02. The minimum absolute atomic E-state index is 0. The number of hydrogen-bond donors (Lipinski definition) is 0. The van der Waals surface area contributed by atoms with Crippen LogP contribution in [0.3, 0.4) is 0 Å². The smallest absolute Gasteiger partial charge is 0.0449 e. The van der Waals surface area contributed by atoms with Crippen LogP contribution in [0.1, 0.15) is 14.9 Å². The SMILES string of the molecule is C.C.CP(C)C. The monoisotopic (exact) mass is 108 g/mol. The Morgan fingerprint density at radius 3 is 0.833 bits per heavy atom. The fourth-order valence-electron chi connectivity index (χ4n) is 0. The Balaban J connectivity index is -0.0000000450. The molecular weight excluding hydrogens is 91.0 g/mol. The zero-order valence-corrected chi connectivity index (χ0v) is 4.34. The molecular formula is C5H17P. The van der Waals surface area contributed by atoms with Gasteiger partial charge in [-0.05, 0) is 20.0 Å². The van der Waals surface area contributed by atoms with Gasteiger partial charge in [-0.1, -0.05) is 14.9 Å². The summed E-state index contributed by atoms with van der Waals surface area (Å²) in [5.41, 5.74) is 0. The van der Waals surface area contributed by atoms with Crippen molar-refractivity contribution in [3.05, 3.63) is 0 Å². The molecule has 0 bridgehead atoms. The summed E-state index contributed by atoms with van der Waals surface area (Å²) in [6.45, 7) is 6.69. The summed E-state index contributed by atoms with van der Waals surface area (Å²) >= 11 is 0. The highest BCUT2D eigenvalue weighted by Gasteiger charge is 1.65. The van der Waals surface area contributed by atoms with Gasteiger partial charge < -0.3 is 0 Å². The van der Waals surface area contributed by atoms with E-state index in [9.17, 15) is 0 Å².